The fraction of sp³-hybridized carbons (Fsp3) is 0.579. The minimum absolute atomic E-state index is 0.0440. The number of hydrogen-bond acceptors (Lipinski definition) is 7. The maximum Gasteiger partial charge on any atom is 0.262 e. The van der Waals surface area contributed by atoms with Gasteiger partial charge in [-0.1, -0.05) is 6.07 Å². The number of hydrogen-bond donors (Lipinski definition) is 3. The van der Waals surface area contributed by atoms with Gasteiger partial charge in [0.1, 0.15) is 11.8 Å². The van der Waals surface area contributed by atoms with Crippen molar-refractivity contribution in [3.8, 4) is 5.75 Å². The second-order valence-electron chi connectivity index (χ2n) is 7.63. The molecule has 1 unspecified atom stereocenters. The summed E-state index contributed by atoms with van der Waals surface area (Å²) in [4.78, 5) is 26.6. The molecule has 3 N–H and O–H groups in total. The van der Waals surface area contributed by atoms with Crippen molar-refractivity contribution in [1.82, 2.24) is 20.0 Å². The fourth-order valence-corrected chi connectivity index (χ4v) is 4.49. The molecule has 1 saturated heterocycles. The Bertz CT molecular complexity index is 894. The van der Waals surface area contributed by atoms with Crippen molar-refractivity contribution >= 4 is 21.8 Å². The number of methoxy groups -OCH3 is 1. The Hall–Kier alpha value is -2.21. The van der Waals surface area contributed by atoms with Crippen LogP contribution in [0.2, 0.25) is 0 Å². The van der Waals surface area contributed by atoms with Gasteiger partial charge in [0.05, 0.1) is 18.9 Å². The van der Waals surface area contributed by atoms with E-state index in [1.165, 1.54) is 11.4 Å². The van der Waals surface area contributed by atoms with E-state index in [0.29, 0.717) is 30.3 Å². The molecule has 0 spiro atoms. The van der Waals surface area contributed by atoms with Gasteiger partial charge in [-0.2, -0.15) is 4.31 Å². The van der Waals surface area contributed by atoms with Crippen LogP contribution in [0, 0.1) is 0 Å². The number of rotatable bonds is 8. The molecular formula is C19H28N4O6S. The zero-order valence-corrected chi connectivity index (χ0v) is 17.9. The largest absolute Gasteiger partial charge is 0.496 e. The van der Waals surface area contributed by atoms with Crippen molar-refractivity contribution in [2.45, 2.75) is 24.8 Å². The van der Waals surface area contributed by atoms with Gasteiger partial charge in [0.15, 0.2) is 0 Å². The molecule has 2 aliphatic rings. The highest BCUT2D eigenvalue weighted by molar-refractivity contribution is 7.88. The highest BCUT2D eigenvalue weighted by Crippen LogP contribution is 2.41. The molecule has 1 atom stereocenters. The predicted molar refractivity (Wildman–Crippen MR) is 109 cm³/mol. The van der Waals surface area contributed by atoms with Gasteiger partial charge < -0.3 is 10.1 Å². The van der Waals surface area contributed by atoms with E-state index in [0.717, 1.165) is 24.7 Å². The first-order valence-corrected chi connectivity index (χ1v) is 11.7. The van der Waals surface area contributed by atoms with E-state index in [9.17, 15) is 18.0 Å². The predicted octanol–water partition coefficient (Wildman–Crippen LogP) is -0.246. The summed E-state index contributed by atoms with van der Waals surface area (Å²) in [6.45, 7) is 1.04. The average Bonchev–Trinajstić information content (AvgIpc) is 3.58. The van der Waals surface area contributed by atoms with Gasteiger partial charge in [-0.15, -0.1) is 0 Å². The lowest BCUT2D eigenvalue weighted by Gasteiger charge is -2.37. The SMILES string of the molecule is COc1cc(C2CC2)ccc1C(=O)NCC(C(=O)NO)N1CCN(S(C)(=O)=O)CC1. The van der Waals surface area contributed by atoms with Crippen molar-refractivity contribution in [2.24, 2.45) is 0 Å². The van der Waals surface area contributed by atoms with Crippen LogP contribution in [-0.2, 0) is 14.8 Å². The summed E-state index contributed by atoms with van der Waals surface area (Å²) in [6, 6.07) is 4.66. The molecule has 1 aromatic carbocycles. The molecule has 1 heterocycles. The van der Waals surface area contributed by atoms with Gasteiger partial charge in [0.2, 0.25) is 10.0 Å². The first kappa shape index (κ1) is 22.5. The maximum atomic E-state index is 12.7. The number of amides is 2. The molecule has 0 bridgehead atoms. The van der Waals surface area contributed by atoms with Crippen molar-refractivity contribution in [3.63, 3.8) is 0 Å². The summed E-state index contributed by atoms with van der Waals surface area (Å²) in [5, 5.41) is 11.8. The maximum absolute atomic E-state index is 12.7. The second-order valence-corrected chi connectivity index (χ2v) is 9.62. The van der Waals surface area contributed by atoms with Crippen LogP contribution in [0.15, 0.2) is 18.2 Å². The molecular weight excluding hydrogens is 412 g/mol. The number of nitrogens with one attached hydrogen (secondary N) is 2. The van der Waals surface area contributed by atoms with E-state index in [4.69, 9.17) is 9.94 Å². The third kappa shape index (κ3) is 5.28. The molecule has 0 radical (unpaired) electrons. The van der Waals surface area contributed by atoms with E-state index >= 15 is 0 Å². The molecule has 1 saturated carbocycles. The third-order valence-electron chi connectivity index (χ3n) is 5.57. The minimum Gasteiger partial charge on any atom is -0.496 e. The van der Waals surface area contributed by atoms with Crippen LogP contribution >= 0.6 is 0 Å². The van der Waals surface area contributed by atoms with Crippen LogP contribution in [-0.4, -0.2) is 86.8 Å². The summed E-state index contributed by atoms with van der Waals surface area (Å²) in [7, 11) is -1.80. The minimum atomic E-state index is -3.30. The van der Waals surface area contributed by atoms with Crippen molar-refractivity contribution in [1.29, 1.82) is 0 Å². The van der Waals surface area contributed by atoms with Gasteiger partial charge in [0, 0.05) is 32.7 Å². The number of nitrogens with zero attached hydrogens (tertiary/aromatic N) is 2. The lowest BCUT2D eigenvalue weighted by molar-refractivity contribution is -0.135. The summed E-state index contributed by atoms with van der Waals surface area (Å²) in [5.41, 5.74) is 3.14. The molecule has 2 amide bonds. The molecule has 10 nitrogen and oxygen atoms in total. The number of carbonyl (C=O) groups excluding carboxylic acids is 2. The van der Waals surface area contributed by atoms with Crippen LogP contribution in [0.1, 0.15) is 34.7 Å². The highest BCUT2D eigenvalue weighted by Gasteiger charge is 2.32. The zero-order valence-electron chi connectivity index (χ0n) is 17.1. The first-order valence-electron chi connectivity index (χ1n) is 9.84. The Morgan fingerprint density at radius 3 is 2.43 bits per heavy atom. The molecule has 30 heavy (non-hydrogen) atoms. The number of piperazine rings is 1. The monoisotopic (exact) mass is 440 g/mol. The van der Waals surface area contributed by atoms with E-state index in [1.54, 1.807) is 16.4 Å². The molecule has 3 rings (SSSR count). The molecule has 0 aromatic heterocycles. The Morgan fingerprint density at radius 1 is 1.23 bits per heavy atom. The molecule has 11 heteroatoms. The van der Waals surface area contributed by atoms with Gasteiger partial charge in [-0.25, -0.2) is 13.9 Å². The van der Waals surface area contributed by atoms with Crippen LogP contribution in [0.5, 0.6) is 5.75 Å². The van der Waals surface area contributed by atoms with E-state index in [-0.39, 0.29) is 25.5 Å². The topological polar surface area (TPSA) is 128 Å². The summed E-state index contributed by atoms with van der Waals surface area (Å²) in [5.74, 6) is -0.0556. The van der Waals surface area contributed by atoms with Gasteiger partial charge in [-0.3, -0.25) is 19.7 Å². The number of sulfonamides is 1. The Labute approximate surface area is 176 Å². The Kier molecular flexibility index (Phi) is 6.96. The van der Waals surface area contributed by atoms with Crippen LogP contribution in [0.3, 0.4) is 0 Å². The molecule has 1 aromatic rings. The number of hydroxylamine groups is 1. The Balaban J connectivity index is 1.65. The van der Waals surface area contributed by atoms with E-state index in [2.05, 4.69) is 5.32 Å². The van der Waals surface area contributed by atoms with Crippen LogP contribution in [0.4, 0.5) is 0 Å². The smallest absolute Gasteiger partial charge is 0.262 e. The van der Waals surface area contributed by atoms with Crippen LogP contribution < -0.4 is 15.5 Å². The third-order valence-corrected chi connectivity index (χ3v) is 6.87. The number of benzene rings is 1. The molecule has 1 aliphatic heterocycles. The molecule has 166 valence electrons. The van der Waals surface area contributed by atoms with E-state index in [1.807, 2.05) is 12.1 Å². The highest BCUT2D eigenvalue weighted by atomic mass is 32.2. The second kappa shape index (κ2) is 9.29. The molecule has 2 fully saturated rings. The fourth-order valence-electron chi connectivity index (χ4n) is 3.66. The van der Waals surface area contributed by atoms with Gasteiger partial charge in [-0.05, 0) is 36.5 Å². The average molecular weight is 441 g/mol. The van der Waals surface area contributed by atoms with E-state index < -0.39 is 22.0 Å². The summed E-state index contributed by atoms with van der Waals surface area (Å²) in [6.07, 6.45) is 3.42. The lowest BCUT2D eigenvalue weighted by Crippen LogP contribution is -2.58. The first-order chi connectivity index (χ1) is 14.2. The van der Waals surface area contributed by atoms with Crippen LogP contribution in [0.25, 0.3) is 0 Å². The normalized spacial score (nSPS) is 19.2. The van der Waals surface area contributed by atoms with Crippen molar-refractivity contribution < 1.29 is 28.0 Å². The van der Waals surface area contributed by atoms with Gasteiger partial charge in [0.25, 0.3) is 11.8 Å². The van der Waals surface area contributed by atoms with Crippen molar-refractivity contribution in [3.05, 3.63) is 29.3 Å². The zero-order chi connectivity index (χ0) is 21.9. The number of ether oxygens (including phenoxy) is 1. The molecule has 1 aliphatic carbocycles. The van der Waals surface area contributed by atoms with Crippen molar-refractivity contribution in [2.75, 3.05) is 46.1 Å². The standard InChI is InChI=1S/C19H28N4O6S/c1-29-17-11-14(13-3-4-13)5-6-15(17)18(24)20-12-16(19(25)21-26)22-7-9-23(10-8-22)30(2,27)28/h5-6,11,13,16,26H,3-4,7-10,12H2,1-2H3,(H,20,24)(H,21,25). The lowest BCUT2D eigenvalue weighted by atomic mass is 10.1. The summed E-state index contributed by atoms with van der Waals surface area (Å²) >= 11 is 0. The quantitative estimate of drug-likeness (QED) is 0.376. The van der Waals surface area contributed by atoms with Gasteiger partial charge >= 0.3 is 0 Å². The summed E-state index contributed by atoms with van der Waals surface area (Å²) < 4.78 is 30.1. The Morgan fingerprint density at radius 2 is 1.90 bits per heavy atom. The number of carbonyl (C=O) groups is 2.